The number of halogens is 1. The molecule has 1 saturated heterocycles. The van der Waals surface area contributed by atoms with E-state index >= 15 is 0 Å². The van der Waals surface area contributed by atoms with Crippen molar-refractivity contribution in [3.63, 3.8) is 0 Å². The van der Waals surface area contributed by atoms with Crippen molar-refractivity contribution in [2.75, 3.05) is 6.54 Å². The highest BCUT2D eigenvalue weighted by Gasteiger charge is 2.30. The van der Waals surface area contributed by atoms with Crippen LogP contribution in [0.25, 0.3) is 11.2 Å². The number of carbonyl (C=O) groups is 1. The van der Waals surface area contributed by atoms with Gasteiger partial charge in [-0.1, -0.05) is 12.1 Å². The van der Waals surface area contributed by atoms with Gasteiger partial charge in [0, 0.05) is 20.6 Å². The van der Waals surface area contributed by atoms with Crippen LogP contribution < -0.4 is 11.2 Å². The molecule has 1 aromatic carbocycles. The molecule has 1 unspecified atom stereocenters. The maximum Gasteiger partial charge on any atom is 0.332 e. The Balaban J connectivity index is 1.68. The fourth-order valence-corrected chi connectivity index (χ4v) is 3.86. The second kappa shape index (κ2) is 6.74. The Morgan fingerprint density at radius 2 is 1.93 bits per heavy atom. The van der Waals surface area contributed by atoms with Crippen molar-refractivity contribution in [3.05, 3.63) is 62.8 Å². The van der Waals surface area contributed by atoms with Gasteiger partial charge < -0.3 is 9.47 Å². The van der Waals surface area contributed by atoms with Gasteiger partial charge in [-0.15, -0.1) is 0 Å². The van der Waals surface area contributed by atoms with Gasteiger partial charge in [0.1, 0.15) is 12.4 Å². The van der Waals surface area contributed by atoms with Crippen LogP contribution in [0.3, 0.4) is 0 Å². The van der Waals surface area contributed by atoms with E-state index in [1.54, 1.807) is 24.1 Å². The SMILES string of the molecule is Cn1cnc2c1c(=O)n(CC(=O)N1CCCC1c1ccc(F)cc1)c(=O)n2C. The molecule has 3 heterocycles. The Labute approximate surface area is 159 Å². The molecule has 3 aromatic rings. The lowest BCUT2D eigenvalue weighted by Gasteiger charge is -2.25. The van der Waals surface area contributed by atoms with E-state index in [0.29, 0.717) is 6.54 Å². The van der Waals surface area contributed by atoms with E-state index in [2.05, 4.69) is 4.98 Å². The molecule has 1 aliphatic rings. The number of imidazole rings is 1. The number of fused-ring (bicyclic) bond motifs is 1. The highest BCUT2D eigenvalue weighted by molar-refractivity contribution is 5.77. The lowest BCUT2D eigenvalue weighted by Crippen LogP contribution is -2.44. The Morgan fingerprint density at radius 3 is 2.64 bits per heavy atom. The first-order valence-electron chi connectivity index (χ1n) is 9.04. The second-order valence-corrected chi connectivity index (χ2v) is 7.06. The fourth-order valence-electron chi connectivity index (χ4n) is 3.86. The summed E-state index contributed by atoms with van der Waals surface area (Å²) in [6.07, 6.45) is 3.02. The summed E-state index contributed by atoms with van der Waals surface area (Å²) in [6, 6.07) is 5.88. The van der Waals surface area contributed by atoms with Crippen molar-refractivity contribution >= 4 is 17.1 Å². The Hall–Kier alpha value is -3.23. The summed E-state index contributed by atoms with van der Waals surface area (Å²) in [5.41, 5.74) is 0.276. The zero-order valence-corrected chi connectivity index (χ0v) is 15.6. The molecular formula is C19H20FN5O3. The van der Waals surface area contributed by atoms with Crippen molar-refractivity contribution in [1.82, 2.24) is 23.6 Å². The molecule has 8 nitrogen and oxygen atoms in total. The third-order valence-corrected chi connectivity index (χ3v) is 5.32. The van der Waals surface area contributed by atoms with Crippen molar-refractivity contribution < 1.29 is 9.18 Å². The number of likely N-dealkylation sites (tertiary alicyclic amines) is 1. The van der Waals surface area contributed by atoms with Crippen molar-refractivity contribution in [1.29, 1.82) is 0 Å². The zero-order valence-electron chi connectivity index (χ0n) is 15.6. The van der Waals surface area contributed by atoms with Gasteiger partial charge in [-0.3, -0.25) is 14.2 Å². The van der Waals surface area contributed by atoms with Gasteiger partial charge >= 0.3 is 5.69 Å². The number of hydrogen-bond donors (Lipinski definition) is 0. The van der Waals surface area contributed by atoms with Gasteiger partial charge in [-0.25, -0.2) is 18.7 Å². The van der Waals surface area contributed by atoms with E-state index in [1.165, 1.54) is 34.6 Å². The van der Waals surface area contributed by atoms with Crippen LogP contribution in [0.2, 0.25) is 0 Å². The quantitative estimate of drug-likeness (QED) is 0.672. The second-order valence-electron chi connectivity index (χ2n) is 7.06. The summed E-state index contributed by atoms with van der Waals surface area (Å²) in [7, 11) is 3.19. The smallest absolute Gasteiger partial charge is 0.332 e. The number of nitrogens with zero attached hydrogens (tertiary/aromatic N) is 5. The molecule has 0 spiro atoms. The van der Waals surface area contributed by atoms with Gasteiger partial charge in [0.15, 0.2) is 11.2 Å². The molecule has 0 radical (unpaired) electrons. The average Bonchev–Trinajstić information content (AvgIpc) is 3.31. The molecule has 28 heavy (non-hydrogen) atoms. The number of amides is 1. The third-order valence-electron chi connectivity index (χ3n) is 5.32. The van der Waals surface area contributed by atoms with Gasteiger partial charge in [0.25, 0.3) is 5.56 Å². The summed E-state index contributed by atoms with van der Waals surface area (Å²) in [5.74, 6) is -0.647. The molecule has 1 fully saturated rings. The predicted molar refractivity (Wildman–Crippen MR) is 100 cm³/mol. The highest BCUT2D eigenvalue weighted by Crippen LogP contribution is 2.32. The standard InChI is InChI=1S/C19H20FN5O3/c1-22-11-21-17-16(22)18(27)25(19(28)23(17)2)10-15(26)24-9-3-4-14(24)12-5-7-13(20)8-6-12/h5-8,11,14H,3-4,9-10H2,1-2H3. The summed E-state index contributed by atoms with van der Waals surface area (Å²) in [6.45, 7) is 0.189. The Bertz CT molecular complexity index is 1180. The van der Waals surface area contributed by atoms with E-state index in [1.807, 2.05) is 0 Å². The maximum atomic E-state index is 13.2. The number of hydrogen-bond acceptors (Lipinski definition) is 4. The van der Waals surface area contributed by atoms with Crippen LogP contribution in [0.4, 0.5) is 4.39 Å². The molecule has 0 aliphatic carbocycles. The van der Waals surface area contributed by atoms with Gasteiger partial charge in [0.2, 0.25) is 5.91 Å². The monoisotopic (exact) mass is 385 g/mol. The van der Waals surface area contributed by atoms with Crippen LogP contribution >= 0.6 is 0 Å². The molecule has 1 amide bonds. The number of carbonyl (C=O) groups excluding carboxylic acids is 1. The minimum atomic E-state index is -0.581. The maximum absolute atomic E-state index is 13.2. The summed E-state index contributed by atoms with van der Waals surface area (Å²) in [5, 5.41) is 0. The summed E-state index contributed by atoms with van der Waals surface area (Å²) < 4.78 is 17.0. The molecule has 146 valence electrons. The Kier molecular flexibility index (Phi) is 4.37. The minimum Gasteiger partial charge on any atom is -0.334 e. The van der Waals surface area contributed by atoms with Crippen LogP contribution in [0.1, 0.15) is 24.4 Å². The largest absolute Gasteiger partial charge is 0.334 e. The zero-order chi connectivity index (χ0) is 20.0. The van der Waals surface area contributed by atoms with Crippen LogP contribution in [0.5, 0.6) is 0 Å². The van der Waals surface area contributed by atoms with E-state index in [-0.39, 0.29) is 35.5 Å². The van der Waals surface area contributed by atoms with Crippen LogP contribution in [-0.2, 0) is 25.4 Å². The minimum absolute atomic E-state index is 0.187. The molecule has 0 N–H and O–H groups in total. The summed E-state index contributed by atoms with van der Waals surface area (Å²) in [4.78, 5) is 44.1. The predicted octanol–water partition coefficient (Wildman–Crippen LogP) is 0.936. The molecule has 1 atom stereocenters. The highest BCUT2D eigenvalue weighted by atomic mass is 19.1. The van der Waals surface area contributed by atoms with Crippen molar-refractivity contribution in [2.24, 2.45) is 14.1 Å². The first-order valence-corrected chi connectivity index (χ1v) is 9.04. The van der Waals surface area contributed by atoms with Crippen LogP contribution in [0.15, 0.2) is 40.2 Å². The lowest BCUT2D eigenvalue weighted by molar-refractivity contribution is -0.132. The van der Waals surface area contributed by atoms with Gasteiger partial charge in [-0.05, 0) is 30.5 Å². The van der Waals surface area contributed by atoms with E-state index in [0.717, 1.165) is 23.0 Å². The molecule has 2 aromatic heterocycles. The summed E-state index contributed by atoms with van der Waals surface area (Å²) >= 11 is 0. The topological polar surface area (TPSA) is 82.1 Å². The third kappa shape index (κ3) is 2.83. The van der Waals surface area contributed by atoms with Crippen molar-refractivity contribution in [3.8, 4) is 0 Å². The first kappa shape index (κ1) is 18.1. The Morgan fingerprint density at radius 1 is 1.21 bits per heavy atom. The van der Waals surface area contributed by atoms with Crippen molar-refractivity contribution in [2.45, 2.75) is 25.4 Å². The number of benzene rings is 1. The van der Waals surface area contributed by atoms with Crippen LogP contribution in [0, 0.1) is 5.82 Å². The molecule has 0 bridgehead atoms. The molecular weight excluding hydrogens is 365 g/mol. The normalized spacial score (nSPS) is 16.8. The molecule has 1 aliphatic heterocycles. The van der Waals surface area contributed by atoms with Crippen LogP contribution in [-0.4, -0.2) is 36.0 Å². The lowest BCUT2D eigenvalue weighted by atomic mass is 10.0. The molecule has 4 rings (SSSR count). The number of aryl methyl sites for hydroxylation is 2. The molecule has 0 saturated carbocycles. The van der Waals surface area contributed by atoms with E-state index in [4.69, 9.17) is 0 Å². The van der Waals surface area contributed by atoms with Gasteiger partial charge in [0.05, 0.1) is 12.4 Å². The first-order chi connectivity index (χ1) is 13.4. The number of aromatic nitrogens is 4. The average molecular weight is 385 g/mol. The fraction of sp³-hybridized carbons (Fsp3) is 0.368. The number of rotatable bonds is 3. The van der Waals surface area contributed by atoms with E-state index < -0.39 is 11.2 Å². The molecule has 9 heteroatoms. The van der Waals surface area contributed by atoms with E-state index in [9.17, 15) is 18.8 Å². The van der Waals surface area contributed by atoms with Gasteiger partial charge in [-0.2, -0.15) is 0 Å².